The van der Waals surface area contributed by atoms with Crippen LogP contribution in [-0.4, -0.2) is 86.3 Å². The number of ether oxygens (including phenoxy) is 2. The first-order valence-corrected chi connectivity index (χ1v) is 17.8. The summed E-state index contributed by atoms with van der Waals surface area (Å²) in [5, 5.41) is 15.8. The van der Waals surface area contributed by atoms with Crippen LogP contribution in [0.1, 0.15) is 56.0 Å². The Balaban J connectivity index is 1.62. The molecular formula is C36H48N4O7S. The van der Waals surface area contributed by atoms with E-state index in [9.17, 15) is 23.1 Å². The summed E-state index contributed by atoms with van der Waals surface area (Å²) in [4.78, 5) is 28.9. The maximum Gasteiger partial charge on any atom is 0.323 e. The SMILES string of the molecule is Cc1ccc(S(=O)(=O)N(C)C[C@@H]2OCCCC[C@@H](C)Oc3ccc(NC(=O)Nc4ccccc4)cc3C(=O)N([C@H](C)CO)C[C@H]2C)cc1. The maximum atomic E-state index is 14.3. The molecule has 0 spiro atoms. The average molecular weight is 681 g/mol. The molecule has 11 nitrogen and oxygen atoms in total. The monoisotopic (exact) mass is 680 g/mol. The first-order valence-electron chi connectivity index (χ1n) is 16.4. The van der Waals surface area contributed by atoms with Gasteiger partial charge in [0.25, 0.3) is 5.91 Å². The van der Waals surface area contributed by atoms with Crippen LogP contribution in [0.5, 0.6) is 5.75 Å². The molecule has 0 radical (unpaired) electrons. The number of carbonyl (C=O) groups excluding carboxylic acids is 2. The zero-order valence-corrected chi connectivity index (χ0v) is 29.2. The fourth-order valence-electron chi connectivity index (χ4n) is 5.52. The minimum Gasteiger partial charge on any atom is -0.490 e. The highest BCUT2D eigenvalue weighted by Crippen LogP contribution is 2.29. The number of carbonyl (C=O) groups is 2. The molecule has 3 aromatic carbocycles. The number of fused-ring (bicyclic) bond motifs is 1. The van der Waals surface area contributed by atoms with E-state index in [1.807, 2.05) is 39.0 Å². The molecule has 0 aromatic heterocycles. The van der Waals surface area contributed by atoms with Crippen molar-refractivity contribution in [2.75, 3.05) is 44.0 Å². The number of hydrogen-bond acceptors (Lipinski definition) is 7. The standard InChI is InChI=1S/C36H48N4O7S/c1-25-14-17-31(18-15-25)48(44,45)39(5)23-34-26(2)22-40(27(3)24-41)35(42)32-21-30(38-36(43)37-29-12-7-6-8-13-29)16-19-33(32)47-28(4)11-9-10-20-46-34/h6-8,12-19,21,26-28,34,41H,9-11,20,22-24H2,1-5H3,(H2,37,38,43)/t26-,27-,28-,34+/m1/s1. The second-order valence-corrected chi connectivity index (χ2v) is 14.6. The van der Waals surface area contributed by atoms with Crippen LogP contribution in [0, 0.1) is 12.8 Å². The number of rotatable bonds is 8. The number of benzene rings is 3. The lowest BCUT2D eigenvalue weighted by molar-refractivity contribution is -0.00833. The summed E-state index contributed by atoms with van der Waals surface area (Å²) in [5.74, 6) is -0.338. The van der Waals surface area contributed by atoms with Gasteiger partial charge in [-0.3, -0.25) is 4.79 Å². The number of nitrogens with zero attached hydrogens (tertiary/aromatic N) is 2. The van der Waals surface area contributed by atoms with E-state index >= 15 is 0 Å². The van der Waals surface area contributed by atoms with Gasteiger partial charge in [0.1, 0.15) is 5.75 Å². The second-order valence-electron chi connectivity index (χ2n) is 12.6. The maximum absolute atomic E-state index is 14.3. The minimum absolute atomic E-state index is 0.0770. The Morgan fingerprint density at radius 2 is 1.71 bits per heavy atom. The molecule has 4 rings (SSSR count). The zero-order valence-electron chi connectivity index (χ0n) is 28.4. The van der Waals surface area contributed by atoms with E-state index in [2.05, 4.69) is 10.6 Å². The molecule has 0 saturated heterocycles. The molecule has 0 aliphatic carbocycles. The van der Waals surface area contributed by atoms with Crippen LogP contribution < -0.4 is 15.4 Å². The van der Waals surface area contributed by atoms with Crippen molar-refractivity contribution < 1.29 is 32.6 Å². The van der Waals surface area contributed by atoms with Crippen molar-refractivity contribution in [3.8, 4) is 5.75 Å². The van der Waals surface area contributed by atoms with E-state index in [0.717, 1.165) is 18.4 Å². The van der Waals surface area contributed by atoms with Crippen LogP contribution in [-0.2, 0) is 14.8 Å². The number of para-hydroxylation sites is 1. The van der Waals surface area contributed by atoms with Gasteiger partial charge in [0.2, 0.25) is 10.0 Å². The van der Waals surface area contributed by atoms with Gasteiger partial charge in [-0.15, -0.1) is 0 Å². The molecule has 1 heterocycles. The van der Waals surface area contributed by atoms with Gasteiger partial charge in [-0.25, -0.2) is 13.2 Å². The number of aryl methyl sites for hydroxylation is 1. The van der Waals surface area contributed by atoms with Gasteiger partial charge < -0.3 is 30.1 Å². The van der Waals surface area contributed by atoms with Crippen molar-refractivity contribution in [1.82, 2.24) is 9.21 Å². The number of urea groups is 1. The largest absolute Gasteiger partial charge is 0.490 e. The fourth-order valence-corrected chi connectivity index (χ4v) is 6.70. The minimum atomic E-state index is -3.79. The van der Waals surface area contributed by atoms with E-state index in [1.54, 1.807) is 66.4 Å². The molecule has 1 aliphatic rings. The average Bonchev–Trinajstić information content (AvgIpc) is 3.06. The lowest BCUT2D eigenvalue weighted by Gasteiger charge is -2.35. The zero-order chi connectivity index (χ0) is 34.8. The first kappa shape index (κ1) is 36.9. The number of likely N-dealkylation sites (N-methyl/N-ethyl adjacent to an activating group) is 1. The van der Waals surface area contributed by atoms with E-state index in [4.69, 9.17) is 9.47 Å². The molecule has 12 heteroatoms. The first-order chi connectivity index (χ1) is 22.9. The number of aliphatic hydroxyl groups is 1. The number of anilines is 2. The Morgan fingerprint density at radius 1 is 1.02 bits per heavy atom. The van der Waals surface area contributed by atoms with E-state index < -0.39 is 34.1 Å². The lowest BCUT2D eigenvalue weighted by Crippen LogP contribution is -2.48. The third-order valence-corrected chi connectivity index (χ3v) is 10.3. The highest BCUT2D eigenvalue weighted by atomic mass is 32.2. The molecule has 48 heavy (non-hydrogen) atoms. The summed E-state index contributed by atoms with van der Waals surface area (Å²) in [5.41, 5.74) is 2.21. The number of amides is 3. The van der Waals surface area contributed by atoms with Crippen LogP contribution in [0.15, 0.2) is 77.7 Å². The summed E-state index contributed by atoms with van der Waals surface area (Å²) in [6.07, 6.45) is 1.49. The van der Waals surface area contributed by atoms with Gasteiger partial charge in [-0.2, -0.15) is 4.31 Å². The lowest BCUT2D eigenvalue weighted by atomic mass is 10.0. The van der Waals surface area contributed by atoms with Crippen molar-refractivity contribution in [3.05, 3.63) is 83.9 Å². The van der Waals surface area contributed by atoms with Crippen LogP contribution in [0.2, 0.25) is 0 Å². The normalized spacial score (nSPS) is 20.3. The highest BCUT2D eigenvalue weighted by molar-refractivity contribution is 7.89. The second kappa shape index (κ2) is 16.9. The molecule has 260 valence electrons. The van der Waals surface area contributed by atoms with Crippen molar-refractivity contribution in [2.24, 2.45) is 5.92 Å². The topological polar surface area (TPSA) is 138 Å². The van der Waals surface area contributed by atoms with Gasteiger partial charge in [0, 0.05) is 44.0 Å². The van der Waals surface area contributed by atoms with E-state index in [-0.39, 0.29) is 42.2 Å². The molecule has 0 bridgehead atoms. The quantitative estimate of drug-likeness (QED) is 0.275. The van der Waals surface area contributed by atoms with Crippen molar-refractivity contribution in [2.45, 2.75) is 70.1 Å². The number of nitrogens with one attached hydrogen (secondary N) is 2. The Hall–Kier alpha value is -3.97. The predicted molar refractivity (Wildman–Crippen MR) is 187 cm³/mol. The number of sulfonamides is 1. The molecule has 0 saturated carbocycles. The molecule has 0 fully saturated rings. The summed E-state index contributed by atoms with van der Waals surface area (Å²) in [7, 11) is -2.25. The molecule has 1 aliphatic heterocycles. The van der Waals surface area contributed by atoms with Crippen molar-refractivity contribution in [1.29, 1.82) is 0 Å². The van der Waals surface area contributed by atoms with E-state index in [0.29, 0.717) is 30.2 Å². The molecule has 0 unspecified atom stereocenters. The Labute approximate surface area is 284 Å². The van der Waals surface area contributed by atoms with Gasteiger partial charge >= 0.3 is 6.03 Å². The van der Waals surface area contributed by atoms with Gasteiger partial charge in [-0.1, -0.05) is 42.8 Å². The smallest absolute Gasteiger partial charge is 0.323 e. The van der Waals surface area contributed by atoms with Gasteiger partial charge in [0.15, 0.2) is 0 Å². The van der Waals surface area contributed by atoms with Crippen LogP contribution in [0.25, 0.3) is 0 Å². The molecule has 3 amide bonds. The summed E-state index contributed by atoms with van der Waals surface area (Å²) in [6.45, 7) is 7.87. The Bertz CT molecular complexity index is 1620. The Morgan fingerprint density at radius 3 is 2.40 bits per heavy atom. The summed E-state index contributed by atoms with van der Waals surface area (Å²) < 4.78 is 40.8. The van der Waals surface area contributed by atoms with Crippen LogP contribution in [0.3, 0.4) is 0 Å². The fraction of sp³-hybridized carbons (Fsp3) is 0.444. The molecule has 3 aromatic rings. The van der Waals surface area contributed by atoms with Crippen molar-refractivity contribution >= 4 is 33.3 Å². The van der Waals surface area contributed by atoms with Crippen molar-refractivity contribution in [3.63, 3.8) is 0 Å². The predicted octanol–water partition coefficient (Wildman–Crippen LogP) is 5.76. The van der Waals surface area contributed by atoms with E-state index in [1.165, 1.54) is 11.4 Å². The molecular weight excluding hydrogens is 632 g/mol. The molecule has 3 N–H and O–H groups in total. The van der Waals surface area contributed by atoms with Crippen LogP contribution in [0.4, 0.5) is 16.2 Å². The van der Waals surface area contributed by atoms with Crippen LogP contribution >= 0.6 is 0 Å². The third kappa shape index (κ3) is 9.79. The number of hydrogen-bond donors (Lipinski definition) is 3. The number of aliphatic hydroxyl groups excluding tert-OH is 1. The Kier molecular flexibility index (Phi) is 13.0. The molecule has 4 atom stereocenters. The van der Waals surface area contributed by atoms with Gasteiger partial charge in [-0.05, 0) is 82.5 Å². The highest BCUT2D eigenvalue weighted by Gasteiger charge is 2.32. The summed E-state index contributed by atoms with van der Waals surface area (Å²) in [6, 6.07) is 19.6. The van der Waals surface area contributed by atoms with Gasteiger partial charge in [0.05, 0.1) is 35.3 Å². The summed E-state index contributed by atoms with van der Waals surface area (Å²) >= 11 is 0. The third-order valence-electron chi connectivity index (χ3n) is 8.51.